The van der Waals surface area contributed by atoms with E-state index in [-0.39, 0.29) is 18.3 Å². The maximum absolute atomic E-state index is 12.5. The number of allylic oxidation sites excluding steroid dienone is 1. The maximum atomic E-state index is 12.5. The van der Waals surface area contributed by atoms with Crippen LogP contribution in [0.3, 0.4) is 0 Å². The van der Waals surface area contributed by atoms with Gasteiger partial charge in [0.05, 0.1) is 6.26 Å². The number of ketones is 1. The average Bonchev–Trinajstić information content (AvgIpc) is 3.15. The highest BCUT2D eigenvalue weighted by atomic mass is 16.5. The minimum atomic E-state index is -0.433. The Morgan fingerprint density at radius 2 is 2.30 bits per heavy atom. The van der Waals surface area contributed by atoms with Crippen molar-refractivity contribution in [2.45, 2.75) is 32.6 Å². The number of hydrogen-bond donors (Lipinski definition) is 1. The molecule has 23 heavy (non-hydrogen) atoms. The predicted octanol–water partition coefficient (Wildman–Crippen LogP) is 3.56. The van der Waals surface area contributed by atoms with Gasteiger partial charge in [-0.15, -0.1) is 0 Å². The lowest BCUT2D eigenvalue weighted by atomic mass is 9.84. The van der Waals surface area contributed by atoms with Crippen LogP contribution in [-0.2, 0) is 11.2 Å². The summed E-state index contributed by atoms with van der Waals surface area (Å²) in [4.78, 5) is 27.7. The zero-order chi connectivity index (χ0) is 16.4. The first kappa shape index (κ1) is 15.3. The second-order valence-electron chi connectivity index (χ2n) is 5.69. The average molecular weight is 313 g/mol. The molecule has 0 aliphatic heterocycles. The van der Waals surface area contributed by atoms with Gasteiger partial charge >= 0.3 is 5.97 Å². The van der Waals surface area contributed by atoms with Crippen LogP contribution in [0.15, 0.2) is 35.0 Å². The van der Waals surface area contributed by atoms with Crippen molar-refractivity contribution in [3.63, 3.8) is 0 Å². The van der Waals surface area contributed by atoms with Crippen LogP contribution in [-0.4, -0.2) is 23.3 Å². The quantitative estimate of drug-likeness (QED) is 0.692. The van der Waals surface area contributed by atoms with Crippen LogP contribution in [0.1, 0.15) is 57.1 Å². The number of H-pyrrole nitrogens is 1. The molecular weight excluding hydrogens is 294 g/mol. The highest BCUT2D eigenvalue weighted by molar-refractivity contribution is 6.03. The summed E-state index contributed by atoms with van der Waals surface area (Å²) >= 11 is 0. The van der Waals surface area contributed by atoms with E-state index in [9.17, 15) is 9.59 Å². The van der Waals surface area contributed by atoms with Crippen LogP contribution >= 0.6 is 0 Å². The summed E-state index contributed by atoms with van der Waals surface area (Å²) in [6, 6.07) is 3.70. The second-order valence-corrected chi connectivity index (χ2v) is 5.69. The molecule has 2 aromatic heterocycles. The fraction of sp³-hybridized carbons (Fsp3) is 0.333. The van der Waals surface area contributed by atoms with E-state index in [4.69, 9.17) is 9.15 Å². The number of ether oxygens (including phenoxy) is 1. The van der Waals surface area contributed by atoms with Crippen molar-refractivity contribution < 1.29 is 18.7 Å². The Kier molecular flexibility index (Phi) is 4.19. The number of furan rings is 1. The number of aromatic nitrogens is 1. The molecule has 0 radical (unpaired) electrons. The molecular formula is C18H19NO4. The summed E-state index contributed by atoms with van der Waals surface area (Å²) in [6.45, 7) is 3.87. The number of carbonyl (C=O) groups is 2. The third kappa shape index (κ3) is 2.86. The van der Waals surface area contributed by atoms with Crippen molar-refractivity contribution in [3.05, 3.63) is 58.8 Å². The summed E-state index contributed by atoms with van der Waals surface area (Å²) < 4.78 is 10.6. The fourth-order valence-corrected chi connectivity index (χ4v) is 3.05. The number of nitrogens with one attached hydrogen (secondary N) is 1. The van der Waals surface area contributed by atoms with Gasteiger partial charge in [0.25, 0.3) is 0 Å². The van der Waals surface area contributed by atoms with Crippen molar-refractivity contribution in [3.8, 4) is 0 Å². The third-order valence-corrected chi connectivity index (χ3v) is 4.18. The molecule has 0 amide bonds. The van der Waals surface area contributed by atoms with Gasteiger partial charge in [0.1, 0.15) is 18.1 Å². The first-order valence-electron chi connectivity index (χ1n) is 7.68. The topological polar surface area (TPSA) is 72.3 Å². The van der Waals surface area contributed by atoms with Gasteiger partial charge < -0.3 is 14.1 Å². The minimum Gasteiger partial charge on any atom is -0.469 e. The number of aromatic amines is 1. The summed E-state index contributed by atoms with van der Waals surface area (Å²) in [5.41, 5.74) is 2.46. The molecule has 0 bridgehead atoms. The number of carbonyl (C=O) groups excluding carboxylic acids is 2. The van der Waals surface area contributed by atoms with Crippen molar-refractivity contribution >= 4 is 11.8 Å². The smallest absolute Gasteiger partial charge is 0.355 e. The highest BCUT2D eigenvalue weighted by Gasteiger charge is 2.33. The predicted molar refractivity (Wildman–Crippen MR) is 84.7 cm³/mol. The normalized spacial score (nSPS) is 17.5. The summed E-state index contributed by atoms with van der Waals surface area (Å²) in [7, 11) is 0. The zero-order valence-corrected chi connectivity index (χ0v) is 13.2. The Hall–Kier alpha value is -2.56. The number of rotatable bonds is 4. The van der Waals surface area contributed by atoms with Crippen molar-refractivity contribution in [1.82, 2.24) is 4.98 Å². The highest BCUT2D eigenvalue weighted by Crippen LogP contribution is 2.35. The number of Topliss-reactive ketones (excluding diaryl/α,β-unsaturated/α-hetero) is 1. The molecule has 0 spiro atoms. The van der Waals surface area contributed by atoms with Crippen LogP contribution in [0.5, 0.6) is 0 Å². The lowest BCUT2D eigenvalue weighted by Crippen LogP contribution is -2.18. The van der Waals surface area contributed by atoms with Gasteiger partial charge in [0.15, 0.2) is 5.78 Å². The van der Waals surface area contributed by atoms with E-state index in [0.29, 0.717) is 29.7 Å². The number of esters is 1. The third-order valence-electron chi connectivity index (χ3n) is 4.18. The second kappa shape index (κ2) is 6.28. The van der Waals surface area contributed by atoms with Gasteiger partial charge in [-0.2, -0.15) is 0 Å². The van der Waals surface area contributed by atoms with Crippen LogP contribution < -0.4 is 0 Å². The minimum absolute atomic E-state index is 0.00921. The Morgan fingerprint density at radius 3 is 3.00 bits per heavy atom. The van der Waals surface area contributed by atoms with Crippen LogP contribution in [0, 0.1) is 6.92 Å². The van der Waals surface area contributed by atoms with E-state index in [1.807, 2.05) is 25.1 Å². The Labute approximate surface area is 134 Å². The molecule has 1 aliphatic carbocycles. The molecule has 0 fully saturated rings. The molecule has 1 aliphatic rings. The SMILES string of the molecule is C/C=C/COC(=O)c1[nH]c2c(c1C)C(=O)C[C@@H](c1ccco1)C2. The van der Waals surface area contributed by atoms with Crippen molar-refractivity contribution in [1.29, 1.82) is 0 Å². The van der Waals surface area contributed by atoms with Crippen molar-refractivity contribution in [2.24, 2.45) is 0 Å². The largest absolute Gasteiger partial charge is 0.469 e. The Bertz CT molecular complexity index is 752. The molecule has 0 aromatic carbocycles. The molecule has 3 rings (SSSR count). The summed E-state index contributed by atoms with van der Waals surface area (Å²) in [5, 5.41) is 0. The lowest BCUT2D eigenvalue weighted by molar-refractivity contribution is 0.0542. The molecule has 0 unspecified atom stereocenters. The van der Waals surface area contributed by atoms with Crippen molar-refractivity contribution in [2.75, 3.05) is 6.61 Å². The van der Waals surface area contributed by atoms with E-state index in [2.05, 4.69) is 4.98 Å². The molecule has 1 atom stereocenters. The number of fused-ring (bicyclic) bond motifs is 1. The van der Waals surface area contributed by atoms with Gasteiger partial charge in [-0.3, -0.25) is 4.79 Å². The molecule has 0 saturated carbocycles. The standard InChI is InChI=1S/C18H19NO4/c1-3-4-7-23-18(21)17-11(2)16-13(19-17)9-12(10-14(16)20)15-6-5-8-22-15/h3-6,8,12,19H,7,9-10H2,1-2H3/b4-3+/t12-/m0/s1. The summed E-state index contributed by atoms with van der Waals surface area (Å²) in [5.74, 6) is 0.412. The Balaban J connectivity index is 1.87. The molecule has 2 heterocycles. The molecule has 5 heteroatoms. The monoisotopic (exact) mass is 313 g/mol. The zero-order valence-electron chi connectivity index (χ0n) is 13.2. The van der Waals surface area contributed by atoms with E-state index in [0.717, 1.165) is 11.5 Å². The molecule has 120 valence electrons. The van der Waals surface area contributed by atoms with E-state index < -0.39 is 5.97 Å². The fourth-order valence-electron chi connectivity index (χ4n) is 3.05. The Morgan fingerprint density at radius 1 is 1.48 bits per heavy atom. The van der Waals surface area contributed by atoms with Crippen LogP contribution in [0.25, 0.3) is 0 Å². The maximum Gasteiger partial charge on any atom is 0.355 e. The van der Waals surface area contributed by atoms with Gasteiger partial charge in [-0.25, -0.2) is 4.79 Å². The molecule has 0 saturated heterocycles. The van der Waals surface area contributed by atoms with Gasteiger partial charge in [0, 0.05) is 23.6 Å². The summed E-state index contributed by atoms with van der Waals surface area (Å²) in [6.07, 6.45) is 6.23. The van der Waals surface area contributed by atoms with Gasteiger partial charge in [0.2, 0.25) is 0 Å². The first-order valence-corrected chi connectivity index (χ1v) is 7.68. The molecule has 5 nitrogen and oxygen atoms in total. The number of hydrogen-bond acceptors (Lipinski definition) is 4. The van der Waals surface area contributed by atoms with Gasteiger partial charge in [-0.05, 0) is 38.0 Å². The van der Waals surface area contributed by atoms with Crippen LogP contribution in [0.2, 0.25) is 0 Å². The molecule has 1 N–H and O–H groups in total. The first-order chi connectivity index (χ1) is 11.1. The van der Waals surface area contributed by atoms with Gasteiger partial charge in [-0.1, -0.05) is 12.2 Å². The van der Waals surface area contributed by atoms with E-state index in [1.165, 1.54) is 0 Å². The van der Waals surface area contributed by atoms with E-state index in [1.54, 1.807) is 19.3 Å². The van der Waals surface area contributed by atoms with E-state index >= 15 is 0 Å². The molecule has 2 aromatic rings. The lowest BCUT2D eigenvalue weighted by Gasteiger charge is -2.19. The van der Waals surface area contributed by atoms with Crippen LogP contribution in [0.4, 0.5) is 0 Å².